The molecule has 0 spiro atoms. The van der Waals surface area contributed by atoms with Crippen molar-refractivity contribution in [3.8, 4) is 0 Å². The molecule has 5 atom stereocenters. The first kappa shape index (κ1) is 35.5. The first-order chi connectivity index (χ1) is 19.8. The molecular formula is C33H56N4O5. The van der Waals surface area contributed by atoms with Crippen molar-refractivity contribution in [2.24, 2.45) is 23.7 Å². The van der Waals surface area contributed by atoms with E-state index in [-0.39, 0.29) is 30.1 Å². The second kappa shape index (κ2) is 17.4. The van der Waals surface area contributed by atoms with Gasteiger partial charge in [0.15, 0.2) is 0 Å². The SMILES string of the molecule is CCC(C)C(NC(=O)[C@@H](C[C@H](O)[C@H](CC1CCCCC1)NC(=O)OC(C)(C)C)C(C)C)C(=O)NCCc1ccccn1. The molecular weight excluding hydrogens is 532 g/mol. The van der Waals surface area contributed by atoms with Crippen molar-refractivity contribution < 1.29 is 24.2 Å². The maximum absolute atomic E-state index is 13.6. The number of ether oxygens (including phenoxy) is 1. The van der Waals surface area contributed by atoms with Crippen LogP contribution in [0.15, 0.2) is 24.4 Å². The van der Waals surface area contributed by atoms with E-state index in [0.29, 0.717) is 25.3 Å². The van der Waals surface area contributed by atoms with Gasteiger partial charge in [-0.15, -0.1) is 0 Å². The van der Waals surface area contributed by atoms with Crippen LogP contribution >= 0.6 is 0 Å². The highest BCUT2D eigenvalue weighted by Crippen LogP contribution is 2.30. The summed E-state index contributed by atoms with van der Waals surface area (Å²) >= 11 is 0. The highest BCUT2D eigenvalue weighted by molar-refractivity contribution is 5.88. The number of hydrogen-bond acceptors (Lipinski definition) is 6. The number of amides is 3. The molecule has 1 aromatic rings. The van der Waals surface area contributed by atoms with Gasteiger partial charge in [0.2, 0.25) is 11.8 Å². The molecule has 1 aliphatic rings. The predicted molar refractivity (Wildman–Crippen MR) is 166 cm³/mol. The first-order valence-corrected chi connectivity index (χ1v) is 16.0. The van der Waals surface area contributed by atoms with Gasteiger partial charge in [0.05, 0.1) is 12.1 Å². The van der Waals surface area contributed by atoms with Crippen LogP contribution in [0.25, 0.3) is 0 Å². The Morgan fingerprint density at radius 2 is 1.74 bits per heavy atom. The maximum atomic E-state index is 13.6. The van der Waals surface area contributed by atoms with E-state index in [4.69, 9.17) is 4.74 Å². The lowest BCUT2D eigenvalue weighted by atomic mass is 9.81. The van der Waals surface area contributed by atoms with Crippen molar-refractivity contribution >= 4 is 17.9 Å². The molecule has 42 heavy (non-hydrogen) atoms. The normalized spacial score (nSPS) is 17.9. The van der Waals surface area contributed by atoms with Gasteiger partial charge in [0.1, 0.15) is 11.6 Å². The van der Waals surface area contributed by atoms with Crippen LogP contribution in [0, 0.1) is 23.7 Å². The Labute approximate surface area is 253 Å². The molecule has 0 aliphatic heterocycles. The van der Waals surface area contributed by atoms with Crippen LogP contribution in [0.1, 0.15) is 106 Å². The number of rotatable bonds is 15. The molecule has 1 fully saturated rings. The summed E-state index contributed by atoms with van der Waals surface area (Å²) in [6, 6.07) is 4.46. The van der Waals surface area contributed by atoms with Gasteiger partial charge in [-0.1, -0.05) is 72.3 Å². The van der Waals surface area contributed by atoms with Crippen molar-refractivity contribution in [3.63, 3.8) is 0 Å². The second-order valence-corrected chi connectivity index (χ2v) is 13.4. The number of carbonyl (C=O) groups excluding carboxylic acids is 3. The average Bonchev–Trinajstić information content (AvgIpc) is 2.93. The standard InChI is InChI=1S/C33H56N4O5/c1-8-23(4)29(31(40)35-19-17-25-16-12-13-18-34-25)37-30(39)26(22(2)3)21-28(38)27(20-24-14-10-9-11-15-24)36-32(41)42-33(5,6)7/h12-13,16,18,22-24,26-29,38H,8-11,14-15,17,19-21H2,1-7H3,(H,35,40)(H,36,41)(H,37,39)/t23?,26-,27-,28-,29?/m0/s1. The topological polar surface area (TPSA) is 130 Å². The fourth-order valence-electron chi connectivity index (χ4n) is 5.59. The summed E-state index contributed by atoms with van der Waals surface area (Å²) in [7, 11) is 0. The van der Waals surface area contributed by atoms with E-state index in [0.717, 1.165) is 37.8 Å². The van der Waals surface area contributed by atoms with E-state index in [2.05, 4.69) is 20.9 Å². The number of carbonyl (C=O) groups is 3. The fourth-order valence-corrected chi connectivity index (χ4v) is 5.59. The van der Waals surface area contributed by atoms with Gasteiger partial charge < -0.3 is 25.8 Å². The molecule has 9 nitrogen and oxygen atoms in total. The van der Waals surface area contributed by atoms with Crippen LogP contribution in [-0.2, 0) is 20.7 Å². The predicted octanol–water partition coefficient (Wildman–Crippen LogP) is 5.16. The Hall–Kier alpha value is -2.68. The molecule has 3 amide bonds. The first-order valence-electron chi connectivity index (χ1n) is 16.0. The van der Waals surface area contributed by atoms with Crippen LogP contribution in [0.3, 0.4) is 0 Å². The molecule has 1 saturated carbocycles. The van der Waals surface area contributed by atoms with Gasteiger partial charge in [-0.05, 0) is 63.5 Å². The lowest BCUT2D eigenvalue weighted by Crippen LogP contribution is -2.53. The number of hydrogen-bond donors (Lipinski definition) is 4. The molecule has 0 radical (unpaired) electrons. The van der Waals surface area contributed by atoms with Crippen molar-refractivity contribution in [1.82, 2.24) is 20.9 Å². The lowest BCUT2D eigenvalue weighted by molar-refractivity contribution is -0.134. The largest absolute Gasteiger partial charge is 0.444 e. The van der Waals surface area contributed by atoms with E-state index < -0.39 is 35.8 Å². The summed E-state index contributed by atoms with van der Waals surface area (Å²) in [4.78, 5) is 43.8. The molecule has 4 N–H and O–H groups in total. The van der Waals surface area contributed by atoms with Crippen molar-refractivity contribution in [3.05, 3.63) is 30.1 Å². The third-order valence-electron chi connectivity index (χ3n) is 8.32. The van der Waals surface area contributed by atoms with Crippen LogP contribution in [0.5, 0.6) is 0 Å². The zero-order valence-electron chi connectivity index (χ0n) is 26.9. The summed E-state index contributed by atoms with van der Waals surface area (Å²) in [5, 5.41) is 20.3. The Morgan fingerprint density at radius 1 is 1.05 bits per heavy atom. The minimum atomic E-state index is -0.938. The van der Waals surface area contributed by atoms with Crippen LogP contribution in [0.4, 0.5) is 4.79 Å². The Balaban J connectivity index is 2.10. The smallest absolute Gasteiger partial charge is 0.407 e. The van der Waals surface area contributed by atoms with Crippen LogP contribution in [-0.4, -0.2) is 58.3 Å². The summed E-state index contributed by atoms with van der Waals surface area (Å²) in [5.41, 5.74) is 0.229. The number of aromatic nitrogens is 1. The average molecular weight is 589 g/mol. The Kier molecular flexibility index (Phi) is 14.7. The van der Waals surface area contributed by atoms with Gasteiger partial charge in [-0.2, -0.15) is 0 Å². The van der Waals surface area contributed by atoms with E-state index in [9.17, 15) is 19.5 Å². The van der Waals surface area contributed by atoms with E-state index in [1.165, 1.54) is 6.42 Å². The van der Waals surface area contributed by atoms with Gasteiger partial charge >= 0.3 is 6.09 Å². The number of aliphatic hydroxyl groups excluding tert-OH is 1. The number of nitrogens with one attached hydrogen (secondary N) is 3. The van der Waals surface area contributed by atoms with Gasteiger partial charge in [0, 0.05) is 30.8 Å². The molecule has 9 heteroatoms. The number of pyridine rings is 1. The molecule has 238 valence electrons. The minimum Gasteiger partial charge on any atom is -0.444 e. The van der Waals surface area contributed by atoms with Gasteiger partial charge in [0.25, 0.3) is 0 Å². The van der Waals surface area contributed by atoms with Crippen molar-refractivity contribution in [2.45, 2.75) is 130 Å². The summed E-state index contributed by atoms with van der Waals surface area (Å²) in [6.45, 7) is 13.7. The maximum Gasteiger partial charge on any atom is 0.407 e. The van der Waals surface area contributed by atoms with E-state index in [1.54, 1.807) is 27.0 Å². The van der Waals surface area contributed by atoms with Gasteiger partial charge in [-0.25, -0.2) is 4.79 Å². The second-order valence-electron chi connectivity index (χ2n) is 13.4. The third-order valence-corrected chi connectivity index (χ3v) is 8.32. The molecule has 2 unspecified atom stereocenters. The van der Waals surface area contributed by atoms with E-state index >= 15 is 0 Å². The summed E-state index contributed by atoms with van der Waals surface area (Å²) in [5.74, 6) is -0.775. The monoisotopic (exact) mass is 588 g/mol. The summed E-state index contributed by atoms with van der Waals surface area (Å²) < 4.78 is 5.50. The molecule has 0 saturated heterocycles. The minimum absolute atomic E-state index is 0.0746. The Morgan fingerprint density at radius 3 is 2.31 bits per heavy atom. The van der Waals surface area contributed by atoms with Crippen molar-refractivity contribution in [1.29, 1.82) is 0 Å². The van der Waals surface area contributed by atoms with Crippen molar-refractivity contribution in [2.75, 3.05) is 6.54 Å². The molecule has 0 aromatic carbocycles. The molecule has 0 bridgehead atoms. The molecule has 1 aromatic heterocycles. The highest BCUT2D eigenvalue weighted by Gasteiger charge is 2.35. The number of nitrogens with zero attached hydrogens (tertiary/aromatic N) is 1. The number of aliphatic hydroxyl groups is 1. The highest BCUT2D eigenvalue weighted by atomic mass is 16.6. The zero-order valence-corrected chi connectivity index (χ0v) is 26.9. The Bertz CT molecular complexity index is 959. The quantitative estimate of drug-likeness (QED) is 0.224. The lowest BCUT2D eigenvalue weighted by Gasteiger charge is -2.33. The summed E-state index contributed by atoms with van der Waals surface area (Å²) in [6.07, 6.45) is 8.01. The third kappa shape index (κ3) is 12.7. The zero-order chi connectivity index (χ0) is 31.3. The fraction of sp³-hybridized carbons (Fsp3) is 0.758. The van der Waals surface area contributed by atoms with E-state index in [1.807, 2.05) is 45.9 Å². The molecule has 1 heterocycles. The molecule has 1 aliphatic carbocycles. The van der Waals surface area contributed by atoms with Gasteiger partial charge in [-0.3, -0.25) is 14.6 Å². The van der Waals surface area contributed by atoms with Crippen LogP contribution < -0.4 is 16.0 Å². The molecule has 2 rings (SSSR count). The number of alkyl carbamates (subject to hydrolysis) is 1. The van der Waals surface area contributed by atoms with Crippen LogP contribution in [0.2, 0.25) is 0 Å².